The summed E-state index contributed by atoms with van der Waals surface area (Å²) in [5, 5.41) is 5.25. The maximum Gasteiger partial charge on any atom is 0.0713 e. The number of thiophene rings is 2. The van der Waals surface area contributed by atoms with Crippen LogP contribution < -0.4 is 4.90 Å². The first-order chi connectivity index (χ1) is 34.7. The Labute approximate surface area is 415 Å². The summed E-state index contributed by atoms with van der Waals surface area (Å²) in [6.45, 7) is 0. The second kappa shape index (κ2) is 16.4. The zero-order valence-corrected chi connectivity index (χ0v) is 39.7. The molecule has 0 unspecified atom stereocenters. The molecule has 0 spiro atoms. The van der Waals surface area contributed by atoms with E-state index in [1.54, 1.807) is 0 Å². The Kier molecular flexibility index (Phi) is 9.55. The molecule has 1 aliphatic carbocycles. The van der Waals surface area contributed by atoms with Crippen molar-refractivity contribution in [3.63, 3.8) is 0 Å². The minimum absolute atomic E-state index is 0.471. The Morgan fingerprint density at radius 3 is 1.59 bits per heavy atom. The van der Waals surface area contributed by atoms with Crippen LogP contribution >= 0.6 is 22.7 Å². The van der Waals surface area contributed by atoms with Gasteiger partial charge >= 0.3 is 0 Å². The monoisotopic (exact) mass is 925 g/mol. The lowest BCUT2D eigenvalue weighted by Crippen LogP contribution is -2.28. The number of fused-ring (bicyclic) bond motifs is 9. The Morgan fingerprint density at radius 2 is 0.800 bits per heavy atom. The van der Waals surface area contributed by atoms with Crippen LogP contribution in [-0.4, -0.2) is 0 Å². The van der Waals surface area contributed by atoms with Gasteiger partial charge in [-0.2, -0.15) is 0 Å². The molecule has 0 bridgehead atoms. The molecule has 2 heterocycles. The molecule has 3 heteroatoms. The largest absolute Gasteiger partial charge is 0.310 e. The van der Waals surface area contributed by atoms with E-state index in [1.165, 1.54) is 107 Å². The van der Waals surface area contributed by atoms with E-state index in [0.29, 0.717) is 0 Å². The predicted octanol–water partition coefficient (Wildman–Crippen LogP) is 19.3. The molecule has 0 N–H and O–H groups in total. The molecule has 0 saturated heterocycles. The summed E-state index contributed by atoms with van der Waals surface area (Å²) >= 11 is 3.74. The highest BCUT2D eigenvalue weighted by molar-refractivity contribution is 7.26. The number of benzene rings is 11. The van der Waals surface area contributed by atoms with Crippen LogP contribution in [0.2, 0.25) is 0 Å². The molecule has 0 fully saturated rings. The lowest BCUT2D eigenvalue weighted by Gasteiger charge is -2.34. The number of hydrogen-bond donors (Lipinski definition) is 0. The van der Waals surface area contributed by atoms with E-state index in [2.05, 4.69) is 266 Å². The molecule has 1 nitrogen and oxygen atoms in total. The summed E-state index contributed by atoms with van der Waals surface area (Å²) < 4.78 is 5.29. The fourth-order valence-electron chi connectivity index (χ4n) is 11.4. The normalized spacial score (nSPS) is 12.7. The van der Waals surface area contributed by atoms with Crippen molar-refractivity contribution in [2.24, 2.45) is 0 Å². The maximum atomic E-state index is 2.44. The molecule has 0 aliphatic heterocycles. The molecule has 0 amide bonds. The van der Waals surface area contributed by atoms with Crippen LogP contribution in [-0.2, 0) is 5.41 Å². The van der Waals surface area contributed by atoms with Crippen LogP contribution in [0.25, 0.3) is 84.9 Å². The van der Waals surface area contributed by atoms with Gasteiger partial charge in [-0.05, 0) is 133 Å². The van der Waals surface area contributed by atoms with Crippen LogP contribution in [0.3, 0.4) is 0 Å². The second-order valence-corrected chi connectivity index (χ2v) is 20.5. The van der Waals surface area contributed by atoms with Gasteiger partial charge in [-0.25, -0.2) is 0 Å². The average Bonchev–Trinajstić information content (AvgIpc) is 4.10. The molecule has 2 aromatic heterocycles. The SMILES string of the molecule is c1ccc(C2(c3ccccc3)c3ccccc3-c3cc(N(c4ccc(-c5cccc(-c6cccc7c6sc6ccccc67)c5)cc4)c4cccc(-c5ccc6sc7ccccc7c6c5)c4)ccc32)cc1. The summed E-state index contributed by atoms with van der Waals surface area (Å²) in [5.41, 5.74) is 17.7. The molecular formula is C67H43NS2. The third-order valence-electron chi connectivity index (χ3n) is 14.6. The van der Waals surface area contributed by atoms with Crippen molar-refractivity contribution in [3.8, 4) is 44.5 Å². The zero-order chi connectivity index (χ0) is 46.2. The van der Waals surface area contributed by atoms with Gasteiger partial charge in [0.1, 0.15) is 0 Å². The van der Waals surface area contributed by atoms with Crippen LogP contribution in [0.4, 0.5) is 17.1 Å². The standard InChI is InChI=1S/C67H43NS2/c1-3-19-49(20-4-1)67(50-21-5-2-6-22-50)61-29-10-7-24-55(61)59-43-53(37-38-62(59)67)68(52-23-14-17-46(41-52)47-34-39-65-60(42-47)57-26-9-11-30-63(57)69-65)51-35-32-44(33-36-51)45-16-13-18-48(40-45)54-27-15-28-58-56-25-8-12-31-64(56)70-66(54)58/h1-43H. The Morgan fingerprint density at radius 1 is 0.271 bits per heavy atom. The quantitative estimate of drug-likeness (QED) is 0.147. The number of rotatable bonds is 8. The molecule has 70 heavy (non-hydrogen) atoms. The van der Waals surface area contributed by atoms with E-state index in [1.807, 2.05) is 22.7 Å². The molecule has 13 aromatic rings. The minimum atomic E-state index is -0.471. The first kappa shape index (κ1) is 40.7. The topological polar surface area (TPSA) is 3.24 Å². The third-order valence-corrected chi connectivity index (χ3v) is 16.9. The Hall–Kier alpha value is -8.34. The lowest BCUT2D eigenvalue weighted by atomic mass is 9.68. The fourth-order valence-corrected chi connectivity index (χ4v) is 13.7. The van der Waals surface area contributed by atoms with Gasteiger partial charge < -0.3 is 4.90 Å². The van der Waals surface area contributed by atoms with Gasteiger partial charge in [-0.3, -0.25) is 0 Å². The first-order valence-corrected chi connectivity index (χ1v) is 25.6. The van der Waals surface area contributed by atoms with Crippen molar-refractivity contribution in [3.05, 3.63) is 283 Å². The summed E-state index contributed by atoms with van der Waals surface area (Å²) in [6, 6.07) is 96.8. The lowest BCUT2D eigenvalue weighted by molar-refractivity contribution is 0.768. The van der Waals surface area contributed by atoms with Gasteiger partial charge in [0.25, 0.3) is 0 Å². The van der Waals surface area contributed by atoms with Crippen molar-refractivity contribution < 1.29 is 0 Å². The van der Waals surface area contributed by atoms with E-state index in [9.17, 15) is 0 Å². The predicted molar refractivity (Wildman–Crippen MR) is 301 cm³/mol. The highest BCUT2D eigenvalue weighted by Gasteiger charge is 2.46. The van der Waals surface area contributed by atoms with E-state index >= 15 is 0 Å². The molecular weight excluding hydrogens is 883 g/mol. The van der Waals surface area contributed by atoms with Crippen molar-refractivity contribution in [2.75, 3.05) is 4.90 Å². The fraction of sp³-hybridized carbons (Fsp3) is 0.0149. The number of anilines is 3. The number of hydrogen-bond acceptors (Lipinski definition) is 3. The second-order valence-electron chi connectivity index (χ2n) is 18.4. The van der Waals surface area contributed by atoms with Gasteiger partial charge in [0, 0.05) is 57.4 Å². The van der Waals surface area contributed by atoms with E-state index in [4.69, 9.17) is 0 Å². The zero-order valence-electron chi connectivity index (χ0n) is 38.1. The molecule has 0 radical (unpaired) electrons. The molecule has 328 valence electrons. The third kappa shape index (κ3) is 6.43. The van der Waals surface area contributed by atoms with Crippen molar-refractivity contribution in [2.45, 2.75) is 5.41 Å². The van der Waals surface area contributed by atoms with Gasteiger partial charge in [0.15, 0.2) is 0 Å². The van der Waals surface area contributed by atoms with Crippen LogP contribution in [0, 0.1) is 0 Å². The minimum Gasteiger partial charge on any atom is -0.310 e. The summed E-state index contributed by atoms with van der Waals surface area (Å²) in [5.74, 6) is 0. The van der Waals surface area contributed by atoms with Crippen LogP contribution in [0.1, 0.15) is 22.3 Å². The van der Waals surface area contributed by atoms with Gasteiger partial charge in [-0.15, -0.1) is 22.7 Å². The molecule has 11 aromatic carbocycles. The molecule has 0 atom stereocenters. The maximum absolute atomic E-state index is 2.44. The highest BCUT2D eigenvalue weighted by atomic mass is 32.1. The van der Waals surface area contributed by atoms with Gasteiger partial charge in [0.05, 0.1) is 5.41 Å². The van der Waals surface area contributed by atoms with Crippen molar-refractivity contribution in [1.29, 1.82) is 0 Å². The average molecular weight is 926 g/mol. The van der Waals surface area contributed by atoms with Gasteiger partial charge in [-0.1, -0.05) is 194 Å². The van der Waals surface area contributed by atoms with Crippen molar-refractivity contribution >= 4 is 80.1 Å². The molecule has 0 saturated carbocycles. The summed E-state index contributed by atoms with van der Waals surface area (Å²) in [7, 11) is 0. The van der Waals surface area contributed by atoms with E-state index in [-0.39, 0.29) is 0 Å². The smallest absolute Gasteiger partial charge is 0.0713 e. The first-order valence-electron chi connectivity index (χ1n) is 24.0. The van der Waals surface area contributed by atoms with E-state index < -0.39 is 5.41 Å². The molecule has 1 aliphatic rings. The van der Waals surface area contributed by atoms with Gasteiger partial charge in [0.2, 0.25) is 0 Å². The number of nitrogens with zero attached hydrogens (tertiary/aromatic N) is 1. The van der Waals surface area contributed by atoms with Crippen molar-refractivity contribution in [1.82, 2.24) is 0 Å². The molecule has 14 rings (SSSR count). The van der Waals surface area contributed by atoms with Crippen LogP contribution in [0.5, 0.6) is 0 Å². The summed E-state index contributed by atoms with van der Waals surface area (Å²) in [4.78, 5) is 2.44. The Bertz CT molecular complexity index is 4090. The Balaban J connectivity index is 0.916. The summed E-state index contributed by atoms with van der Waals surface area (Å²) in [6.07, 6.45) is 0. The van der Waals surface area contributed by atoms with E-state index in [0.717, 1.165) is 17.1 Å². The van der Waals surface area contributed by atoms with Crippen LogP contribution in [0.15, 0.2) is 261 Å². The highest BCUT2D eigenvalue weighted by Crippen LogP contribution is 2.57.